The van der Waals surface area contributed by atoms with Crippen molar-refractivity contribution in [3.8, 4) is 0 Å². The van der Waals surface area contributed by atoms with Crippen molar-refractivity contribution in [1.29, 1.82) is 0 Å². The number of hydrogen-bond donors (Lipinski definition) is 1. The minimum absolute atomic E-state index is 0.459. The van der Waals surface area contributed by atoms with Gasteiger partial charge in [0.25, 0.3) is 0 Å². The van der Waals surface area contributed by atoms with Gasteiger partial charge in [0.15, 0.2) is 0 Å². The van der Waals surface area contributed by atoms with Gasteiger partial charge in [-0.3, -0.25) is 0 Å². The van der Waals surface area contributed by atoms with Crippen LogP contribution >= 0.6 is 11.8 Å². The van der Waals surface area contributed by atoms with E-state index in [0.29, 0.717) is 6.04 Å². The molecule has 2 nitrogen and oxygen atoms in total. The smallest absolute Gasteiger partial charge is 0.0291 e. The summed E-state index contributed by atoms with van der Waals surface area (Å²) in [5.74, 6) is 0.850. The Morgan fingerprint density at radius 2 is 2.00 bits per heavy atom. The number of benzene rings is 1. The first-order chi connectivity index (χ1) is 9.76. The summed E-state index contributed by atoms with van der Waals surface area (Å²) in [5.41, 5.74) is 1.40. The summed E-state index contributed by atoms with van der Waals surface area (Å²) in [4.78, 5) is 4.04. The van der Waals surface area contributed by atoms with Gasteiger partial charge in [0, 0.05) is 23.5 Å². The Morgan fingerprint density at radius 3 is 2.65 bits per heavy atom. The number of thioether (sulfide) groups is 1. The van der Waals surface area contributed by atoms with Crippen LogP contribution in [0.1, 0.15) is 37.8 Å². The van der Waals surface area contributed by atoms with E-state index in [2.05, 4.69) is 47.7 Å². The molecule has 3 heteroatoms. The topological polar surface area (TPSA) is 15.3 Å². The fourth-order valence-corrected chi connectivity index (χ4v) is 3.56. The first-order valence-electron chi connectivity index (χ1n) is 7.87. The highest BCUT2D eigenvalue weighted by Crippen LogP contribution is 2.31. The van der Waals surface area contributed by atoms with Gasteiger partial charge in [0.1, 0.15) is 0 Å². The molecule has 1 aliphatic heterocycles. The molecule has 2 atom stereocenters. The quantitative estimate of drug-likeness (QED) is 0.807. The van der Waals surface area contributed by atoms with Crippen molar-refractivity contribution in [1.82, 2.24) is 10.2 Å². The minimum Gasteiger partial charge on any atom is -0.310 e. The molecule has 110 valence electrons. The molecule has 1 aromatic rings. The molecule has 1 saturated carbocycles. The Hall–Kier alpha value is -0.510. The second-order valence-electron chi connectivity index (χ2n) is 6.28. The summed E-state index contributed by atoms with van der Waals surface area (Å²) < 4.78 is 0. The Morgan fingerprint density at radius 1 is 1.25 bits per heavy atom. The lowest BCUT2D eigenvalue weighted by molar-refractivity contribution is 0.310. The van der Waals surface area contributed by atoms with Crippen LogP contribution < -0.4 is 5.32 Å². The second-order valence-corrected chi connectivity index (χ2v) is 7.16. The molecule has 3 rings (SSSR count). The lowest BCUT2D eigenvalue weighted by Crippen LogP contribution is -2.29. The van der Waals surface area contributed by atoms with E-state index in [0.717, 1.165) is 18.5 Å². The molecule has 0 amide bonds. The molecule has 0 bridgehead atoms. The SMILES string of the molecule is CSc1ccc(C(C)NCC2CCN(C3CC3)C2)cc1. The molecule has 2 unspecified atom stereocenters. The van der Waals surface area contributed by atoms with Gasteiger partial charge in [-0.05, 0) is 69.1 Å². The van der Waals surface area contributed by atoms with Gasteiger partial charge in [0.05, 0.1) is 0 Å². The van der Waals surface area contributed by atoms with Gasteiger partial charge >= 0.3 is 0 Å². The molecule has 2 aliphatic rings. The molecule has 1 heterocycles. The van der Waals surface area contributed by atoms with Crippen LogP contribution in [-0.4, -0.2) is 36.8 Å². The van der Waals surface area contributed by atoms with Crippen LogP contribution in [0.2, 0.25) is 0 Å². The molecule has 1 N–H and O–H groups in total. The molecule has 0 radical (unpaired) electrons. The summed E-state index contributed by atoms with van der Waals surface area (Å²) in [6.45, 7) is 6.08. The predicted octanol–water partition coefficient (Wildman–Crippen LogP) is 3.54. The number of nitrogens with zero attached hydrogens (tertiary/aromatic N) is 1. The van der Waals surface area contributed by atoms with E-state index in [1.807, 2.05) is 0 Å². The van der Waals surface area contributed by atoms with E-state index in [1.54, 1.807) is 11.8 Å². The van der Waals surface area contributed by atoms with Gasteiger partial charge < -0.3 is 10.2 Å². The van der Waals surface area contributed by atoms with E-state index in [4.69, 9.17) is 0 Å². The second kappa shape index (κ2) is 6.50. The zero-order valence-electron chi connectivity index (χ0n) is 12.6. The number of nitrogens with one attached hydrogen (secondary N) is 1. The van der Waals surface area contributed by atoms with E-state index in [-0.39, 0.29) is 0 Å². The fraction of sp³-hybridized carbons (Fsp3) is 0.647. The molecule has 0 aromatic heterocycles. The third-order valence-corrected chi connectivity index (χ3v) is 5.45. The molecule has 1 aromatic carbocycles. The Balaban J connectivity index is 1.45. The number of rotatable bonds is 6. The first kappa shape index (κ1) is 14.4. The Kier molecular flexibility index (Phi) is 4.69. The maximum atomic E-state index is 3.72. The lowest BCUT2D eigenvalue weighted by Gasteiger charge is -2.19. The van der Waals surface area contributed by atoms with Crippen molar-refractivity contribution in [3.05, 3.63) is 29.8 Å². The first-order valence-corrected chi connectivity index (χ1v) is 9.10. The fourth-order valence-electron chi connectivity index (χ4n) is 3.15. The molecule has 1 aliphatic carbocycles. The third kappa shape index (κ3) is 3.57. The maximum absolute atomic E-state index is 3.72. The average molecular weight is 290 g/mol. The van der Waals surface area contributed by atoms with Crippen molar-refractivity contribution in [2.45, 2.75) is 43.2 Å². The Labute approximate surface area is 127 Å². The predicted molar refractivity (Wildman–Crippen MR) is 87.3 cm³/mol. The number of hydrogen-bond acceptors (Lipinski definition) is 3. The van der Waals surface area contributed by atoms with Crippen molar-refractivity contribution in [3.63, 3.8) is 0 Å². The summed E-state index contributed by atoms with van der Waals surface area (Å²) in [7, 11) is 0. The monoisotopic (exact) mass is 290 g/mol. The van der Waals surface area contributed by atoms with Crippen LogP contribution in [-0.2, 0) is 0 Å². The van der Waals surface area contributed by atoms with Crippen molar-refractivity contribution >= 4 is 11.8 Å². The molecule has 0 spiro atoms. The van der Waals surface area contributed by atoms with E-state index in [1.165, 1.54) is 42.8 Å². The van der Waals surface area contributed by atoms with Crippen molar-refractivity contribution < 1.29 is 0 Å². The normalized spacial score (nSPS) is 25.0. The summed E-state index contributed by atoms with van der Waals surface area (Å²) in [5, 5.41) is 3.72. The van der Waals surface area contributed by atoms with Crippen LogP contribution in [0.3, 0.4) is 0 Å². The zero-order valence-corrected chi connectivity index (χ0v) is 13.5. The highest BCUT2D eigenvalue weighted by Gasteiger charge is 2.34. The zero-order chi connectivity index (χ0) is 13.9. The molecule has 1 saturated heterocycles. The minimum atomic E-state index is 0.459. The van der Waals surface area contributed by atoms with Crippen LogP contribution in [0.25, 0.3) is 0 Å². The lowest BCUT2D eigenvalue weighted by atomic mass is 10.1. The molecule has 20 heavy (non-hydrogen) atoms. The van der Waals surface area contributed by atoms with E-state index in [9.17, 15) is 0 Å². The van der Waals surface area contributed by atoms with Gasteiger partial charge in [-0.15, -0.1) is 11.8 Å². The van der Waals surface area contributed by atoms with Gasteiger partial charge in [-0.2, -0.15) is 0 Å². The Bertz CT molecular complexity index is 427. The van der Waals surface area contributed by atoms with Crippen LogP contribution in [0.4, 0.5) is 0 Å². The average Bonchev–Trinajstić information content (AvgIpc) is 3.24. The molecular formula is C17H26N2S. The van der Waals surface area contributed by atoms with E-state index < -0.39 is 0 Å². The van der Waals surface area contributed by atoms with Crippen molar-refractivity contribution in [2.75, 3.05) is 25.9 Å². The number of likely N-dealkylation sites (tertiary alicyclic amines) is 1. The highest BCUT2D eigenvalue weighted by atomic mass is 32.2. The van der Waals surface area contributed by atoms with Crippen molar-refractivity contribution in [2.24, 2.45) is 5.92 Å². The summed E-state index contributed by atoms with van der Waals surface area (Å²) in [6, 6.07) is 10.4. The molecule has 2 fully saturated rings. The van der Waals surface area contributed by atoms with Crippen LogP contribution in [0.15, 0.2) is 29.2 Å². The standard InChI is InChI=1S/C17H26N2S/c1-13(15-3-7-17(20-2)8-4-15)18-11-14-9-10-19(12-14)16-5-6-16/h3-4,7-8,13-14,16,18H,5-6,9-12H2,1-2H3. The van der Waals surface area contributed by atoms with Crippen LogP contribution in [0, 0.1) is 5.92 Å². The van der Waals surface area contributed by atoms with Gasteiger partial charge in [-0.25, -0.2) is 0 Å². The summed E-state index contributed by atoms with van der Waals surface area (Å²) >= 11 is 1.81. The highest BCUT2D eigenvalue weighted by molar-refractivity contribution is 7.98. The van der Waals surface area contributed by atoms with Gasteiger partial charge in [-0.1, -0.05) is 12.1 Å². The largest absolute Gasteiger partial charge is 0.310 e. The summed E-state index contributed by atoms with van der Waals surface area (Å²) in [6.07, 6.45) is 6.39. The third-order valence-electron chi connectivity index (χ3n) is 4.71. The van der Waals surface area contributed by atoms with Crippen LogP contribution in [0.5, 0.6) is 0 Å². The molecular weight excluding hydrogens is 264 g/mol. The van der Waals surface area contributed by atoms with Gasteiger partial charge in [0.2, 0.25) is 0 Å². The van der Waals surface area contributed by atoms with E-state index >= 15 is 0 Å². The maximum Gasteiger partial charge on any atom is 0.0291 e.